The van der Waals surface area contributed by atoms with Crippen molar-refractivity contribution < 1.29 is 19.1 Å². The zero-order valence-electron chi connectivity index (χ0n) is 19.3. The molecule has 0 atom stereocenters. The summed E-state index contributed by atoms with van der Waals surface area (Å²) in [4.78, 5) is 32.8. The molecule has 1 aromatic heterocycles. The van der Waals surface area contributed by atoms with Crippen LogP contribution in [0.2, 0.25) is 0 Å². The number of methoxy groups -OCH3 is 1. The Kier molecular flexibility index (Phi) is 7.39. The van der Waals surface area contributed by atoms with Crippen molar-refractivity contribution >= 4 is 39.9 Å². The summed E-state index contributed by atoms with van der Waals surface area (Å²) in [6, 6.07) is 12.0. The van der Waals surface area contributed by atoms with E-state index in [1.165, 1.54) is 7.11 Å². The van der Waals surface area contributed by atoms with Crippen molar-refractivity contribution in [3.63, 3.8) is 0 Å². The SMILES string of the molecule is COc1ccccc1C(=O)c1cc(N2CCOCC2)ccc1NC(=O)Nc1nc(C(C)C)ns1. The molecule has 34 heavy (non-hydrogen) atoms. The molecule has 178 valence electrons. The molecule has 3 aromatic rings. The first-order chi connectivity index (χ1) is 16.5. The van der Waals surface area contributed by atoms with Crippen LogP contribution in [0.4, 0.5) is 21.3 Å². The second-order valence-electron chi connectivity index (χ2n) is 8.05. The van der Waals surface area contributed by atoms with Gasteiger partial charge in [-0.2, -0.15) is 4.37 Å². The minimum atomic E-state index is -0.500. The normalized spacial score (nSPS) is 13.6. The van der Waals surface area contributed by atoms with Crippen LogP contribution in [0.25, 0.3) is 0 Å². The van der Waals surface area contributed by atoms with Gasteiger partial charge in [-0.15, -0.1) is 0 Å². The minimum absolute atomic E-state index is 0.160. The number of ether oxygens (including phenoxy) is 2. The first kappa shape index (κ1) is 23.7. The molecule has 9 nitrogen and oxygen atoms in total. The van der Waals surface area contributed by atoms with E-state index in [4.69, 9.17) is 9.47 Å². The van der Waals surface area contributed by atoms with E-state index >= 15 is 0 Å². The number of ketones is 1. The Balaban J connectivity index is 1.63. The second kappa shape index (κ2) is 10.6. The van der Waals surface area contributed by atoms with E-state index in [0.29, 0.717) is 46.7 Å². The van der Waals surface area contributed by atoms with E-state index in [2.05, 4.69) is 24.9 Å². The number of hydrogen-bond acceptors (Lipinski definition) is 8. The molecule has 2 N–H and O–H groups in total. The number of hydrogen-bond donors (Lipinski definition) is 2. The van der Waals surface area contributed by atoms with E-state index < -0.39 is 6.03 Å². The minimum Gasteiger partial charge on any atom is -0.496 e. The molecule has 0 aliphatic carbocycles. The highest BCUT2D eigenvalue weighted by Gasteiger charge is 2.22. The second-order valence-corrected chi connectivity index (χ2v) is 8.80. The van der Waals surface area contributed by atoms with E-state index in [1.807, 2.05) is 19.9 Å². The maximum Gasteiger partial charge on any atom is 0.325 e. The van der Waals surface area contributed by atoms with Gasteiger partial charge in [0.15, 0.2) is 5.78 Å². The standard InChI is InChI=1S/C24H27N5O4S/c1-15(2)22-26-24(34-28-22)27-23(31)25-19-9-8-16(29-10-12-33-13-11-29)14-18(19)21(30)17-6-4-5-7-20(17)32-3/h4-9,14-15H,10-13H2,1-3H3,(H2,25,26,27,28,31). The molecule has 0 spiro atoms. The molecule has 0 radical (unpaired) electrons. The molecule has 2 aromatic carbocycles. The maximum atomic E-state index is 13.6. The monoisotopic (exact) mass is 481 g/mol. The fourth-order valence-corrected chi connectivity index (χ4v) is 4.30. The quantitative estimate of drug-likeness (QED) is 0.482. The smallest absolute Gasteiger partial charge is 0.325 e. The summed E-state index contributed by atoms with van der Waals surface area (Å²) in [5.41, 5.74) is 2.05. The molecular formula is C24H27N5O4S. The topological polar surface area (TPSA) is 106 Å². The van der Waals surface area contributed by atoms with Crippen LogP contribution in [-0.2, 0) is 4.74 Å². The fraction of sp³-hybridized carbons (Fsp3) is 0.333. The number of urea groups is 1. The Bertz CT molecular complexity index is 1170. The number of nitrogens with one attached hydrogen (secondary N) is 2. The molecule has 10 heteroatoms. The van der Waals surface area contributed by atoms with Gasteiger partial charge in [-0.05, 0) is 30.3 Å². The third-order valence-electron chi connectivity index (χ3n) is 5.40. The van der Waals surface area contributed by atoms with Gasteiger partial charge in [0.2, 0.25) is 5.13 Å². The van der Waals surface area contributed by atoms with Gasteiger partial charge in [-0.25, -0.2) is 9.78 Å². The Morgan fingerprint density at radius 3 is 2.56 bits per heavy atom. The van der Waals surface area contributed by atoms with Crippen LogP contribution < -0.4 is 20.3 Å². The van der Waals surface area contributed by atoms with Gasteiger partial charge >= 0.3 is 6.03 Å². The summed E-state index contributed by atoms with van der Waals surface area (Å²) < 4.78 is 15.1. The van der Waals surface area contributed by atoms with E-state index in [1.54, 1.807) is 36.4 Å². The zero-order valence-corrected chi connectivity index (χ0v) is 20.1. The molecule has 2 heterocycles. The molecule has 1 aliphatic heterocycles. The van der Waals surface area contributed by atoms with Gasteiger partial charge in [-0.1, -0.05) is 26.0 Å². The highest BCUT2D eigenvalue weighted by atomic mass is 32.1. The Labute approximate surface area is 202 Å². The van der Waals surface area contributed by atoms with Gasteiger partial charge in [-0.3, -0.25) is 10.1 Å². The van der Waals surface area contributed by atoms with E-state index in [9.17, 15) is 9.59 Å². The summed E-state index contributed by atoms with van der Waals surface area (Å²) in [5, 5.41) is 5.90. The summed E-state index contributed by atoms with van der Waals surface area (Å²) in [5.74, 6) is 1.05. The first-order valence-corrected chi connectivity index (χ1v) is 11.8. The van der Waals surface area contributed by atoms with Gasteiger partial charge in [0.1, 0.15) is 11.6 Å². The number of benzene rings is 2. The Hall–Kier alpha value is -3.50. The zero-order chi connectivity index (χ0) is 24.1. The molecule has 1 aliphatic rings. The van der Waals surface area contributed by atoms with Crippen molar-refractivity contribution in [2.24, 2.45) is 0 Å². The summed E-state index contributed by atoms with van der Waals surface area (Å²) in [6.07, 6.45) is 0. The number of para-hydroxylation sites is 1. The third kappa shape index (κ3) is 5.35. The Morgan fingerprint density at radius 1 is 1.09 bits per heavy atom. The van der Waals surface area contributed by atoms with Crippen LogP contribution in [-0.4, -0.2) is 54.6 Å². The molecule has 1 saturated heterocycles. The predicted molar refractivity (Wildman–Crippen MR) is 133 cm³/mol. The number of carbonyl (C=O) groups is 2. The average Bonchev–Trinajstić information content (AvgIpc) is 3.33. The van der Waals surface area contributed by atoms with Gasteiger partial charge in [0.25, 0.3) is 0 Å². The van der Waals surface area contributed by atoms with Crippen LogP contribution in [0.3, 0.4) is 0 Å². The van der Waals surface area contributed by atoms with Crippen molar-refractivity contribution in [3.05, 3.63) is 59.4 Å². The number of morpholine rings is 1. The van der Waals surface area contributed by atoms with Crippen molar-refractivity contribution in [1.82, 2.24) is 9.36 Å². The van der Waals surface area contributed by atoms with Crippen molar-refractivity contribution in [1.29, 1.82) is 0 Å². The maximum absolute atomic E-state index is 13.6. The molecule has 2 amide bonds. The third-order valence-corrected chi connectivity index (χ3v) is 6.05. The van der Waals surface area contributed by atoms with Crippen LogP contribution in [0.1, 0.15) is 41.5 Å². The highest BCUT2D eigenvalue weighted by molar-refractivity contribution is 7.09. The number of nitrogens with zero attached hydrogens (tertiary/aromatic N) is 3. The van der Waals surface area contributed by atoms with Crippen molar-refractivity contribution in [2.75, 3.05) is 48.9 Å². The lowest BCUT2D eigenvalue weighted by molar-refractivity contribution is 0.103. The molecular weight excluding hydrogens is 454 g/mol. The number of amides is 2. The molecule has 4 rings (SSSR count). The number of aromatic nitrogens is 2. The lowest BCUT2D eigenvalue weighted by atomic mass is 9.99. The van der Waals surface area contributed by atoms with E-state index in [0.717, 1.165) is 30.3 Å². The molecule has 0 unspecified atom stereocenters. The lowest BCUT2D eigenvalue weighted by Crippen LogP contribution is -2.36. The van der Waals surface area contributed by atoms with Crippen LogP contribution >= 0.6 is 11.5 Å². The first-order valence-electron chi connectivity index (χ1n) is 11.0. The van der Waals surface area contributed by atoms with Gasteiger partial charge in [0.05, 0.1) is 31.6 Å². The van der Waals surface area contributed by atoms with Crippen molar-refractivity contribution in [2.45, 2.75) is 19.8 Å². The summed E-state index contributed by atoms with van der Waals surface area (Å²) in [6.45, 7) is 6.67. The molecule has 1 fully saturated rings. The van der Waals surface area contributed by atoms with Gasteiger partial charge in [0, 0.05) is 41.8 Å². The lowest BCUT2D eigenvalue weighted by Gasteiger charge is -2.29. The van der Waals surface area contributed by atoms with Crippen LogP contribution in [0, 0.1) is 0 Å². The highest BCUT2D eigenvalue weighted by Crippen LogP contribution is 2.29. The van der Waals surface area contributed by atoms with Crippen molar-refractivity contribution in [3.8, 4) is 5.75 Å². The molecule has 0 bridgehead atoms. The van der Waals surface area contributed by atoms with Crippen LogP contribution in [0.5, 0.6) is 5.75 Å². The van der Waals surface area contributed by atoms with Crippen LogP contribution in [0.15, 0.2) is 42.5 Å². The number of carbonyl (C=O) groups excluding carboxylic acids is 2. The Morgan fingerprint density at radius 2 is 1.85 bits per heavy atom. The van der Waals surface area contributed by atoms with Gasteiger partial charge < -0.3 is 19.7 Å². The number of anilines is 3. The largest absolute Gasteiger partial charge is 0.496 e. The number of rotatable bonds is 7. The summed E-state index contributed by atoms with van der Waals surface area (Å²) >= 11 is 1.12. The molecule has 0 saturated carbocycles. The van der Waals surface area contributed by atoms with E-state index in [-0.39, 0.29) is 11.7 Å². The predicted octanol–water partition coefficient (Wildman–Crippen LogP) is 4.38. The fourth-order valence-electron chi connectivity index (χ4n) is 3.60. The average molecular weight is 482 g/mol. The summed E-state index contributed by atoms with van der Waals surface area (Å²) in [7, 11) is 1.52.